The van der Waals surface area contributed by atoms with E-state index in [4.69, 9.17) is 9.97 Å². The third kappa shape index (κ3) is 3.17. The lowest BCUT2D eigenvalue weighted by molar-refractivity contribution is 0.660. The molecule has 40 heavy (non-hydrogen) atoms. The monoisotopic (exact) mass is 512 g/mol. The Hall–Kier alpha value is -4.82. The van der Waals surface area contributed by atoms with Gasteiger partial charge in [-0.15, -0.1) is 0 Å². The third-order valence-electron chi connectivity index (χ3n) is 8.76. The molecule has 2 heteroatoms. The maximum atomic E-state index is 5.11. The minimum Gasteiger partial charge on any atom is -0.252 e. The molecule has 0 aliphatic heterocycles. The molecule has 0 fully saturated rings. The molecule has 7 aromatic rings. The van der Waals surface area contributed by atoms with Crippen molar-refractivity contribution in [1.82, 2.24) is 9.97 Å². The zero-order valence-electron chi connectivity index (χ0n) is 22.9. The average molecular weight is 513 g/mol. The van der Waals surface area contributed by atoms with Crippen molar-refractivity contribution in [1.29, 1.82) is 0 Å². The molecule has 0 N–H and O–H groups in total. The van der Waals surface area contributed by atoms with Crippen molar-refractivity contribution in [2.45, 2.75) is 26.2 Å². The zero-order valence-corrected chi connectivity index (χ0v) is 22.9. The molecular weight excluding hydrogens is 484 g/mol. The summed E-state index contributed by atoms with van der Waals surface area (Å²) in [6.07, 6.45) is 1.93. The van der Waals surface area contributed by atoms with E-state index in [0.29, 0.717) is 0 Å². The Labute approximate surface area is 234 Å². The number of fused-ring (bicyclic) bond motifs is 6. The molecule has 1 aromatic heterocycles. The molecule has 0 saturated heterocycles. The number of benzene rings is 6. The predicted molar refractivity (Wildman–Crippen MR) is 168 cm³/mol. The smallest absolute Gasteiger partial charge is 0.0905 e. The van der Waals surface area contributed by atoms with Crippen LogP contribution in [0.3, 0.4) is 0 Å². The second-order valence-electron chi connectivity index (χ2n) is 11.5. The number of hydrogen-bond acceptors (Lipinski definition) is 2. The van der Waals surface area contributed by atoms with E-state index in [2.05, 4.69) is 106 Å². The predicted octanol–water partition coefficient (Wildman–Crippen LogP) is 9.88. The summed E-state index contributed by atoms with van der Waals surface area (Å²) in [5.41, 5.74) is 13.1. The summed E-state index contributed by atoms with van der Waals surface area (Å²) in [5, 5.41) is 4.88. The fourth-order valence-electron chi connectivity index (χ4n) is 6.90. The van der Waals surface area contributed by atoms with Gasteiger partial charge in [-0.1, -0.05) is 116 Å². The van der Waals surface area contributed by atoms with Gasteiger partial charge in [0.2, 0.25) is 0 Å². The van der Waals surface area contributed by atoms with Crippen LogP contribution >= 0.6 is 0 Å². The number of aromatic nitrogens is 2. The molecule has 0 bridgehead atoms. The summed E-state index contributed by atoms with van der Waals surface area (Å²) >= 11 is 0. The lowest BCUT2D eigenvalue weighted by Gasteiger charge is -2.22. The van der Waals surface area contributed by atoms with Gasteiger partial charge in [0.25, 0.3) is 0 Å². The van der Waals surface area contributed by atoms with Crippen molar-refractivity contribution in [3.8, 4) is 33.5 Å². The van der Waals surface area contributed by atoms with Crippen molar-refractivity contribution >= 4 is 32.6 Å². The second kappa shape index (κ2) is 8.34. The van der Waals surface area contributed by atoms with Crippen molar-refractivity contribution in [3.63, 3.8) is 0 Å². The van der Waals surface area contributed by atoms with Gasteiger partial charge >= 0.3 is 0 Å². The second-order valence-corrected chi connectivity index (χ2v) is 11.5. The minimum absolute atomic E-state index is 0.0515. The fraction of sp³-hybridized carbons (Fsp3) is 0.105. The first-order valence-electron chi connectivity index (χ1n) is 13.9. The first-order valence-corrected chi connectivity index (χ1v) is 13.9. The van der Waals surface area contributed by atoms with E-state index in [0.717, 1.165) is 22.3 Å². The highest BCUT2D eigenvalue weighted by Crippen LogP contribution is 2.54. The molecule has 8 rings (SSSR count). The molecule has 2 nitrogen and oxygen atoms in total. The lowest BCUT2D eigenvalue weighted by Crippen LogP contribution is -2.14. The molecule has 1 aliphatic carbocycles. The Morgan fingerprint density at radius 3 is 2.02 bits per heavy atom. The molecule has 0 amide bonds. The molecule has 0 spiro atoms. The van der Waals surface area contributed by atoms with Crippen LogP contribution in [0.5, 0.6) is 0 Å². The summed E-state index contributed by atoms with van der Waals surface area (Å²) in [6.45, 7) is 6.88. The molecule has 6 aromatic carbocycles. The van der Waals surface area contributed by atoms with Gasteiger partial charge in [-0.2, -0.15) is 0 Å². The van der Waals surface area contributed by atoms with E-state index in [9.17, 15) is 0 Å². The van der Waals surface area contributed by atoms with Crippen LogP contribution in [-0.4, -0.2) is 9.97 Å². The van der Waals surface area contributed by atoms with Crippen LogP contribution in [0, 0.1) is 6.92 Å². The van der Waals surface area contributed by atoms with E-state index < -0.39 is 0 Å². The number of rotatable bonds is 2. The average Bonchev–Trinajstić information content (AvgIpc) is 3.22. The molecule has 0 unspecified atom stereocenters. The Balaban J connectivity index is 1.53. The first kappa shape index (κ1) is 23.1. The Morgan fingerprint density at radius 1 is 0.525 bits per heavy atom. The first-order chi connectivity index (χ1) is 19.5. The zero-order chi connectivity index (χ0) is 27.0. The van der Waals surface area contributed by atoms with Gasteiger partial charge in [0.15, 0.2) is 0 Å². The summed E-state index contributed by atoms with van der Waals surface area (Å²) in [5.74, 6) is 0. The molecular formula is C38H28N2. The van der Waals surface area contributed by atoms with E-state index in [1.54, 1.807) is 0 Å². The van der Waals surface area contributed by atoms with Crippen LogP contribution in [0.2, 0.25) is 0 Å². The molecule has 0 radical (unpaired) electrons. The van der Waals surface area contributed by atoms with Crippen molar-refractivity contribution < 1.29 is 0 Å². The minimum atomic E-state index is -0.0515. The molecule has 190 valence electrons. The molecule has 1 heterocycles. The number of hydrogen-bond donors (Lipinski definition) is 0. The van der Waals surface area contributed by atoms with E-state index in [1.807, 2.05) is 30.5 Å². The van der Waals surface area contributed by atoms with E-state index >= 15 is 0 Å². The normalized spacial score (nSPS) is 13.6. The SMILES string of the molecule is Cc1ccc2c(-c3cnc4ccccc4n3)c3ccccc3c(-c3cccc4c3-c3ccccc3C4(C)C)c2c1. The topological polar surface area (TPSA) is 25.8 Å². The van der Waals surface area contributed by atoms with Gasteiger partial charge in [0, 0.05) is 11.0 Å². The quantitative estimate of drug-likeness (QED) is 0.215. The van der Waals surface area contributed by atoms with Crippen molar-refractivity contribution in [2.75, 3.05) is 0 Å². The van der Waals surface area contributed by atoms with Crippen molar-refractivity contribution in [3.05, 3.63) is 132 Å². The van der Waals surface area contributed by atoms with Crippen LogP contribution < -0.4 is 0 Å². The van der Waals surface area contributed by atoms with Crippen LogP contribution in [0.25, 0.3) is 66.1 Å². The highest BCUT2D eigenvalue weighted by atomic mass is 14.8. The maximum absolute atomic E-state index is 5.11. The Morgan fingerprint density at radius 2 is 1.18 bits per heavy atom. The van der Waals surface area contributed by atoms with Gasteiger partial charge < -0.3 is 0 Å². The molecule has 0 atom stereocenters. The fourth-order valence-corrected chi connectivity index (χ4v) is 6.90. The summed E-state index contributed by atoms with van der Waals surface area (Å²) in [6, 6.07) is 39.5. The third-order valence-corrected chi connectivity index (χ3v) is 8.76. The number of nitrogens with zero attached hydrogens (tertiary/aromatic N) is 2. The lowest BCUT2D eigenvalue weighted by atomic mass is 9.81. The molecule has 1 aliphatic rings. The summed E-state index contributed by atoms with van der Waals surface area (Å²) in [7, 11) is 0. The number of para-hydroxylation sites is 2. The highest BCUT2D eigenvalue weighted by molar-refractivity contribution is 6.22. The largest absolute Gasteiger partial charge is 0.252 e. The maximum Gasteiger partial charge on any atom is 0.0905 e. The van der Waals surface area contributed by atoms with Crippen LogP contribution in [-0.2, 0) is 5.41 Å². The summed E-state index contributed by atoms with van der Waals surface area (Å²) in [4.78, 5) is 9.91. The van der Waals surface area contributed by atoms with E-state index in [1.165, 1.54) is 60.5 Å². The van der Waals surface area contributed by atoms with Gasteiger partial charge in [-0.05, 0) is 74.0 Å². The standard InChI is InChI=1S/C38H28N2/c1-23-19-20-26-29(21-23)35(28-14-10-16-31-36(28)27-13-6-7-15-30(27)38(31,2)3)24-11-4-5-12-25(24)37(26)34-22-39-32-17-8-9-18-33(32)40-34/h4-22H,1-3H3. The van der Waals surface area contributed by atoms with Gasteiger partial charge in [0.05, 0.1) is 22.9 Å². The van der Waals surface area contributed by atoms with Crippen LogP contribution in [0.4, 0.5) is 0 Å². The number of aryl methyl sites for hydroxylation is 1. The van der Waals surface area contributed by atoms with Gasteiger partial charge in [0.1, 0.15) is 0 Å². The Bertz CT molecular complexity index is 2150. The van der Waals surface area contributed by atoms with Gasteiger partial charge in [-0.25, -0.2) is 4.98 Å². The van der Waals surface area contributed by atoms with Crippen LogP contribution in [0.15, 0.2) is 115 Å². The van der Waals surface area contributed by atoms with Crippen molar-refractivity contribution in [2.24, 2.45) is 0 Å². The van der Waals surface area contributed by atoms with Gasteiger partial charge in [-0.3, -0.25) is 4.98 Å². The van der Waals surface area contributed by atoms with Crippen LogP contribution in [0.1, 0.15) is 30.5 Å². The Kier molecular flexibility index (Phi) is 4.82. The van der Waals surface area contributed by atoms with E-state index in [-0.39, 0.29) is 5.41 Å². The molecule has 0 saturated carbocycles. The summed E-state index contributed by atoms with van der Waals surface area (Å²) < 4.78 is 0. The highest BCUT2D eigenvalue weighted by Gasteiger charge is 2.37.